The number of ether oxygens (including phenoxy) is 1. The third-order valence-electron chi connectivity index (χ3n) is 6.12. The molecule has 160 valence electrons. The molecule has 3 N–H and O–H groups in total. The van der Waals surface area contributed by atoms with Crippen LogP contribution in [0.1, 0.15) is 30.2 Å². The lowest BCUT2D eigenvalue weighted by molar-refractivity contribution is -0.0103. The van der Waals surface area contributed by atoms with Gasteiger partial charge in [0.15, 0.2) is 11.3 Å². The van der Waals surface area contributed by atoms with E-state index in [1.807, 2.05) is 24.3 Å². The highest BCUT2D eigenvalue weighted by Crippen LogP contribution is 2.34. The number of nitrogens with one attached hydrogen (secondary N) is 3. The van der Waals surface area contributed by atoms with Crippen molar-refractivity contribution in [3.63, 3.8) is 0 Å². The lowest BCUT2D eigenvalue weighted by atomic mass is 9.88. The molecule has 2 unspecified atom stereocenters. The van der Waals surface area contributed by atoms with E-state index in [4.69, 9.17) is 4.74 Å². The quantitative estimate of drug-likeness (QED) is 0.403. The first-order chi connectivity index (χ1) is 15.7. The average Bonchev–Trinajstić information content (AvgIpc) is 3.41. The van der Waals surface area contributed by atoms with Crippen LogP contribution in [0.25, 0.3) is 33.7 Å². The van der Waals surface area contributed by atoms with E-state index in [0.29, 0.717) is 17.2 Å². The Hall–Kier alpha value is -3.78. The standard InChI is InChI=1S/C24H22N6O2/c31-24-29-22-23(30-24)26-17(13-25-22)11-14-9-10-32-20(12-14)15-5-7-16(8-6-15)21-27-18-3-1-2-4-19(18)28-21/h1-8,13-14,20H,9-12H2,(H,27,28)(H2,25,26,29,30,31). The second-order valence-corrected chi connectivity index (χ2v) is 8.32. The number of rotatable bonds is 4. The number of imidazole rings is 2. The number of H-pyrrole nitrogens is 3. The summed E-state index contributed by atoms with van der Waals surface area (Å²) in [6, 6.07) is 16.5. The maximum Gasteiger partial charge on any atom is 0.326 e. The number of hydrogen-bond donors (Lipinski definition) is 3. The zero-order chi connectivity index (χ0) is 21.5. The van der Waals surface area contributed by atoms with Crippen LogP contribution in [0.4, 0.5) is 0 Å². The molecule has 0 bridgehead atoms. The Balaban J connectivity index is 1.17. The monoisotopic (exact) mass is 426 g/mol. The first kappa shape index (κ1) is 18.9. The normalized spacial score (nSPS) is 19.0. The van der Waals surface area contributed by atoms with Gasteiger partial charge in [0.1, 0.15) is 5.82 Å². The van der Waals surface area contributed by atoms with Crippen molar-refractivity contribution in [1.29, 1.82) is 0 Å². The molecule has 1 aliphatic rings. The van der Waals surface area contributed by atoms with Crippen molar-refractivity contribution in [3.8, 4) is 11.4 Å². The highest BCUT2D eigenvalue weighted by Gasteiger charge is 2.25. The van der Waals surface area contributed by atoms with Crippen molar-refractivity contribution in [2.75, 3.05) is 6.61 Å². The highest BCUT2D eigenvalue weighted by atomic mass is 16.5. The first-order valence-corrected chi connectivity index (χ1v) is 10.8. The van der Waals surface area contributed by atoms with Crippen LogP contribution in [0.15, 0.2) is 59.5 Å². The number of nitrogens with zero attached hydrogens (tertiary/aromatic N) is 3. The fourth-order valence-electron chi connectivity index (χ4n) is 4.47. The molecule has 4 heterocycles. The Bertz CT molecular complexity index is 1420. The Morgan fingerprint density at radius 1 is 0.969 bits per heavy atom. The maximum absolute atomic E-state index is 11.4. The zero-order valence-electron chi connectivity index (χ0n) is 17.3. The molecule has 6 rings (SSSR count). The summed E-state index contributed by atoms with van der Waals surface area (Å²) >= 11 is 0. The van der Waals surface area contributed by atoms with E-state index < -0.39 is 0 Å². The van der Waals surface area contributed by atoms with Gasteiger partial charge in [-0.3, -0.25) is 9.97 Å². The summed E-state index contributed by atoms with van der Waals surface area (Å²) in [5, 5.41) is 0. The van der Waals surface area contributed by atoms with Gasteiger partial charge in [0.2, 0.25) is 0 Å². The number of hydrogen-bond acceptors (Lipinski definition) is 5. The maximum atomic E-state index is 11.4. The Morgan fingerprint density at radius 3 is 2.69 bits per heavy atom. The molecule has 8 heteroatoms. The van der Waals surface area contributed by atoms with Gasteiger partial charge >= 0.3 is 5.69 Å². The molecular formula is C24H22N6O2. The topological polar surface area (TPSA) is 112 Å². The van der Waals surface area contributed by atoms with Crippen LogP contribution in [0, 0.1) is 5.92 Å². The van der Waals surface area contributed by atoms with Gasteiger partial charge in [-0.05, 0) is 42.9 Å². The Morgan fingerprint density at radius 2 is 1.81 bits per heavy atom. The summed E-state index contributed by atoms with van der Waals surface area (Å²) in [5.74, 6) is 1.32. The molecule has 5 aromatic rings. The van der Waals surface area contributed by atoms with Gasteiger partial charge < -0.3 is 9.72 Å². The van der Waals surface area contributed by atoms with Crippen LogP contribution >= 0.6 is 0 Å². The number of aromatic nitrogens is 6. The van der Waals surface area contributed by atoms with E-state index in [0.717, 1.165) is 54.0 Å². The van der Waals surface area contributed by atoms with E-state index in [1.165, 1.54) is 5.56 Å². The van der Waals surface area contributed by atoms with Crippen LogP contribution in [0.2, 0.25) is 0 Å². The van der Waals surface area contributed by atoms with Gasteiger partial charge in [-0.1, -0.05) is 36.4 Å². The minimum absolute atomic E-state index is 0.0576. The van der Waals surface area contributed by atoms with Gasteiger partial charge in [-0.15, -0.1) is 0 Å². The second-order valence-electron chi connectivity index (χ2n) is 8.32. The van der Waals surface area contributed by atoms with Crippen LogP contribution in [0.3, 0.4) is 0 Å². The molecule has 0 spiro atoms. The fourth-order valence-corrected chi connectivity index (χ4v) is 4.47. The molecule has 2 atom stereocenters. The summed E-state index contributed by atoms with van der Waals surface area (Å²) in [6.45, 7) is 0.720. The third-order valence-corrected chi connectivity index (χ3v) is 6.12. The molecule has 1 fully saturated rings. The van der Waals surface area contributed by atoms with Crippen LogP contribution < -0.4 is 5.69 Å². The van der Waals surface area contributed by atoms with Crippen LogP contribution in [-0.4, -0.2) is 36.5 Å². The third kappa shape index (κ3) is 3.58. The van der Waals surface area contributed by atoms with Crippen molar-refractivity contribution in [1.82, 2.24) is 29.9 Å². The Kier molecular flexibility index (Phi) is 4.57. The smallest absolute Gasteiger partial charge is 0.326 e. The molecule has 0 amide bonds. The zero-order valence-corrected chi connectivity index (χ0v) is 17.3. The van der Waals surface area contributed by atoms with Crippen molar-refractivity contribution in [2.24, 2.45) is 5.92 Å². The van der Waals surface area contributed by atoms with Gasteiger partial charge in [-0.25, -0.2) is 19.7 Å². The first-order valence-electron chi connectivity index (χ1n) is 10.8. The number of fused-ring (bicyclic) bond motifs is 2. The fraction of sp³-hybridized carbons (Fsp3) is 0.250. The average molecular weight is 426 g/mol. The molecule has 0 radical (unpaired) electrons. The van der Waals surface area contributed by atoms with Crippen LogP contribution in [0.5, 0.6) is 0 Å². The molecule has 0 saturated carbocycles. The van der Waals surface area contributed by atoms with Gasteiger partial charge in [0.05, 0.1) is 29.0 Å². The molecule has 2 aromatic carbocycles. The predicted molar refractivity (Wildman–Crippen MR) is 121 cm³/mol. The van der Waals surface area contributed by atoms with Crippen molar-refractivity contribution < 1.29 is 4.74 Å². The number of para-hydroxylation sites is 2. The summed E-state index contributed by atoms with van der Waals surface area (Å²) in [4.78, 5) is 33.7. The van der Waals surface area contributed by atoms with Crippen molar-refractivity contribution >= 4 is 22.3 Å². The lowest BCUT2D eigenvalue weighted by Crippen LogP contribution is -2.21. The summed E-state index contributed by atoms with van der Waals surface area (Å²) in [5.41, 5.74) is 5.84. The van der Waals surface area contributed by atoms with E-state index in [-0.39, 0.29) is 11.8 Å². The minimum Gasteiger partial charge on any atom is -0.374 e. The van der Waals surface area contributed by atoms with Gasteiger partial charge in [0.25, 0.3) is 0 Å². The molecule has 0 aliphatic carbocycles. The number of benzene rings is 2. The predicted octanol–water partition coefficient (Wildman–Crippen LogP) is 3.90. The summed E-state index contributed by atoms with van der Waals surface area (Å²) < 4.78 is 6.09. The minimum atomic E-state index is -0.283. The van der Waals surface area contributed by atoms with E-state index >= 15 is 0 Å². The van der Waals surface area contributed by atoms with E-state index in [2.05, 4.69) is 54.2 Å². The highest BCUT2D eigenvalue weighted by molar-refractivity contribution is 5.79. The summed E-state index contributed by atoms with van der Waals surface area (Å²) in [6.07, 6.45) is 4.53. The Labute approximate surface area is 183 Å². The molecule has 32 heavy (non-hydrogen) atoms. The van der Waals surface area contributed by atoms with Gasteiger partial charge in [0, 0.05) is 12.2 Å². The molecule has 1 aliphatic heterocycles. The molecule has 8 nitrogen and oxygen atoms in total. The van der Waals surface area contributed by atoms with Crippen molar-refractivity contribution in [2.45, 2.75) is 25.4 Å². The van der Waals surface area contributed by atoms with Crippen molar-refractivity contribution in [3.05, 3.63) is 76.5 Å². The van der Waals surface area contributed by atoms with Gasteiger partial charge in [-0.2, -0.15) is 0 Å². The lowest BCUT2D eigenvalue weighted by Gasteiger charge is -2.29. The van der Waals surface area contributed by atoms with E-state index in [1.54, 1.807) is 6.20 Å². The van der Waals surface area contributed by atoms with Crippen LogP contribution in [-0.2, 0) is 11.2 Å². The molecule has 3 aromatic heterocycles. The largest absolute Gasteiger partial charge is 0.374 e. The molecular weight excluding hydrogens is 404 g/mol. The molecule has 1 saturated heterocycles. The SMILES string of the molecule is O=c1[nH]c2ncc(CC3CCOC(c4ccc(-c5nc6ccccc6[nH]5)cc4)C3)nc2[nH]1. The summed E-state index contributed by atoms with van der Waals surface area (Å²) in [7, 11) is 0. The number of aromatic amines is 3. The van der Waals surface area contributed by atoms with E-state index in [9.17, 15) is 4.79 Å². The second kappa shape index (κ2) is 7.72.